The summed E-state index contributed by atoms with van der Waals surface area (Å²) in [6.45, 7) is 8.69. The monoisotopic (exact) mass is 570 g/mol. The first-order chi connectivity index (χ1) is 18.4. The Hall–Kier alpha value is -3.22. The minimum Gasteiger partial charge on any atom is -0.379 e. The number of hydrogen-bond acceptors (Lipinski definition) is 7. The number of hydrogen-bond donors (Lipinski definition) is 2. The summed E-state index contributed by atoms with van der Waals surface area (Å²) < 4.78 is 54.4. The Morgan fingerprint density at radius 3 is 2.56 bits per heavy atom. The number of sulfonamides is 2. The number of aryl methyl sites for hydroxylation is 2. The maximum atomic E-state index is 12.3. The van der Waals surface area contributed by atoms with Gasteiger partial charge in [-0.1, -0.05) is 6.07 Å². The van der Waals surface area contributed by atoms with E-state index in [1.165, 1.54) is 0 Å². The molecular weight excluding hydrogens is 536 g/mol. The number of nitrogens with zero attached hydrogens (tertiary/aromatic N) is 4. The maximum absolute atomic E-state index is 12.3. The van der Waals surface area contributed by atoms with Gasteiger partial charge in [0, 0.05) is 48.7 Å². The molecule has 12 heteroatoms. The van der Waals surface area contributed by atoms with Crippen LogP contribution in [0.5, 0.6) is 0 Å². The van der Waals surface area contributed by atoms with E-state index in [2.05, 4.69) is 25.7 Å². The van der Waals surface area contributed by atoms with Gasteiger partial charge in [0.25, 0.3) is 0 Å². The first-order valence-corrected chi connectivity index (χ1v) is 16.4. The predicted octanol–water partition coefficient (Wildman–Crippen LogP) is 3.68. The van der Waals surface area contributed by atoms with E-state index in [1.54, 1.807) is 23.5 Å². The second-order valence-electron chi connectivity index (χ2n) is 10.3. The van der Waals surface area contributed by atoms with Crippen LogP contribution >= 0.6 is 0 Å². The highest BCUT2D eigenvalue weighted by molar-refractivity contribution is 7.92. The highest BCUT2D eigenvalue weighted by Crippen LogP contribution is 2.37. The largest absolute Gasteiger partial charge is 0.379 e. The Labute approximate surface area is 230 Å². The SMILES string of the molecule is CCS(=O)(=O)N1CC[C@H](Nc2ccnc3c2N=C(c2cc(C)n(-c4cc(NS(C)(=O)=O)ccc4C)c2C)C3)C1. The summed E-state index contributed by atoms with van der Waals surface area (Å²) in [5, 5.41) is 3.51. The lowest BCUT2D eigenvalue weighted by molar-refractivity contribution is 0.476. The van der Waals surface area contributed by atoms with Crippen molar-refractivity contribution in [3.8, 4) is 5.69 Å². The maximum Gasteiger partial charge on any atom is 0.229 e. The van der Waals surface area contributed by atoms with Gasteiger partial charge in [-0.05, 0) is 63.9 Å². The Morgan fingerprint density at radius 2 is 1.85 bits per heavy atom. The van der Waals surface area contributed by atoms with E-state index in [1.807, 2.05) is 39.0 Å². The highest BCUT2D eigenvalue weighted by Gasteiger charge is 2.31. The smallest absolute Gasteiger partial charge is 0.229 e. The van der Waals surface area contributed by atoms with Gasteiger partial charge in [0.1, 0.15) is 5.69 Å². The third-order valence-corrected chi connectivity index (χ3v) is 9.80. The fourth-order valence-electron chi connectivity index (χ4n) is 5.41. The van der Waals surface area contributed by atoms with Crippen molar-refractivity contribution in [1.29, 1.82) is 0 Å². The van der Waals surface area contributed by atoms with Crippen LogP contribution in [0.1, 0.15) is 41.6 Å². The van der Waals surface area contributed by atoms with Crippen molar-refractivity contribution in [1.82, 2.24) is 13.9 Å². The molecule has 10 nitrogen and oxygen atoms in total. The van der Waals surface area contributed by atoms with E-state index < -0.39 is 20.0 Å². The summed E-state index contributed by atoms with van der Waals surface area (Å²) in [6.07, 6.45) is 4.23. The molecule has 0 saturated carbocycles. The second kappa shape index (κ2) is 10.1. The molecule has 2 aliphatic rings. The van der Waals surface area contributed by atoms with E-state index in [0.29, 0.717) is 25.2 Å². The Morgan fingerprint density at radius 1 is 1.08 bits per heavy atom. The first kappa shape index (κ1) is 27.4. The number of anilines is 2. The standard InChI is InChI=1S/C27H34N6O4S2/c1-6-39(36,37)32-12-10-21(16-32)29-23-9-11-28-25-15-24(30-27(23)25)22-13-18(3)33(19(22)4)26-14-20(8-7-17(26)2)31-38(5,34)35/h7-9,11,13-14,21,31H,6,10,12,15-16H2,1-5H3,(H,28,29)/t21-/m0/s1. The van der Waals surface area contributed by atoms with Gasteiger partial charge < -0.3 is 9.88 Å². The lowest BCUT2D eigenvalue weighted by atomic mass is 10.1. The fraction of sp³-hybridized carbons (Fsp3) is 0.407. The molecule has 1 fully saturated rings. The zero-order chi connectivity index (χ0) is 28.1. The van der Waals surface area contributed by atoms with Crippen molar-refractivity contribution < 1.29 is 16.8 Å². The number of aromatic nitrogens is 2. The number of aliphatic imine (C=N–C) groups is 1. The first-order valence-electron chi connectivity index (χ1n) is 12.9. The zero-order valence-corrected chi connectivity index (χ0v) is 24.4. The van der Waals surface area contributed by atoms with E-state index in [-0.39, 0.29) is 11.8 Å². The topological polar surface area (TPSA) is 126 Å². The van der Waals surface area contributed by atoms with Gasteiger partial charge in [-0.3, -0.25) is 9.71 Å². The van der Waals surface area contributed by atoms with E-state index in [9.17, 15) is 16.8 Å². The molecule has 39 heavy (non-hydrogen) atoms. The van der Waals surface area contributed by atoms with Gasteiger partial charge in [0.2, 0.25) is 20.0 Å². The Bertz CT molecular complexity index is 1690. The molecule has 2 N–H and O–H groups in total. The molecule has 5 rings (SSSR count). The van der Waals surface area contributed by atoms with Gasteiger partial charge >= 0.3 is 0 Å². The van der Waals surface area contributed by atoms with Crippen LogP contribution in [-0.2, 0) is 26.5 Å². The molecule has 0 aliphatic carbocycles. The average molecular weight is 571 g/mol. The number of pyridine rings is 1. The van der Waals surface area contributed by atoms with Crippen molar-refractivity contribution >= 4 is 42.8 Å². The number of nitrogens with one attached hydrogen (secondary N) is 2. The fourth-order valence-corrected chi connectivity index (χ4v) is 7.12. The number of benzene rings is 1. The third kappa shape index (κ3) is 5.45. The minimum absolute atomic E-state index is 0.0120. The summed E-state index contributed by atoms with van der Waals surface area (Å²) in [5.41, 5.74) is 8.90. The Balaban J connectivity index is 1.44. The quantitative estimate of drug-likeness (QED) is 0.426. The third-order valence-electron chi connectivity index (χ3n) is 7.35. The van der Waals surface area contributed by atoms with Gasteiger partial charge in [-0.2, -0.15) is 4.31 Å². The molecular formula is C27H34N6O4S2. The van der Waals surface area contributed by atoms with Crippen molar-refractivity contribution in [3.63, 3.8) is 0 Å². The van der Waals surface area contributed by atoms with Crippen molar-refractivity contribution in [2.75, 3.05) is 35.1 Å². The minimum atomic E-state index is -3.40. The molecule has 0 amide bonds. The summed E-state index contributed by atoms with van der Waals surface area (Å²) in [5.74, 6) is 0.106. The number of rotatable bonds is 8. The molecule has 0 bridgehead atoms. The van der Waals surface area contributed by atoms with Crippen LogP contribution in [0.2, 0.25) is 0 Å². The van der Waals surface area contributed by atoms with E-state index in [0.717, 1.165) is 63.7 Å². The van der Waals surface area contributed by atoms with Gasteiger partial charge in [-0.25, -0.2) is 21.8 Å². The normalized spacial score (nSPS) is 17.8. The second-order valence-corrected chi connectivity index (χ2v) is 14.3. The van der Waals surface area contributed by atoms with Crippen molar-refractivity contribution in [2.24, 2.45) is 4.99 Å². The van der Waals surface area contributed by atoms with Crippen LogP contribution in [0.4, 0.5) is 17.1 Å². The van der Waals surface area contributed by atoms with Crippen molar-refractivity contribution in [3.05, 3.63) is 64.7 Å². The summed E-state index contributed by atoms with van der Waals surface area (Å²) in [4.78, 5) is 9.58. The lowest BCUT2D eigenvalue weighted by Gasteiger charge is -2.17. The number of fused-ring (bicyclic) bond motifs is 1. The van der Waals surface area contributed by atoms with Crippen LogP contribution in [0.25, 0.3) is 5.69 Å². The summed E-state index contributed by atoms with van der Waals surface area (Å²) >= 11 is 0. The molecule has 1 saturated heterocycles. The molecule has 2 aliphatic heterocycles. The Kier molecular flexibility index (Phi) is 7.06. The summed E-state index contributed by atoms with van der Waals surface area (Å²) in [7, 11) is -6.60. The van der Waals surface area contributed by atoms with Gasteiger partial charge in [0.05, 0.1) is 40.5 Å². The van der Waals surface area contributed by atoms with E-state index >= 15 is 0 Å². The lowest BCUT2D eigenvalue weighted by Crippen LogP contribution is -2.32. The van der Waals surface area contributed by atoms with Crippen LogP contribution in [-0.4, -0.2) is 67.5 Å². The molecule has 1 aromatic carbocycles. The van der Waals surface area contributed by atoms with Crippen LogP contribution in [0.3, 0.4) is 0 Å². The van der Waals surface area contributed by atoms with E-state index in [4.69, 9.17) is 4.99 Å². The molecule has 0 unspecified atom stereocenters. The average Bonchev–Trinajstić information content (AvgIpc) is 3.58. The van der Waals surface area contributed by atoms with Crippen LogP contribution < -0.4 is 10.0 Å². The molecule has 2 aromatic heterocycles. The van der Waals surface area contributed by atoms with Crippen molar-refractivity contribution in [2.45, 2.75) is 46.6 Å². The van der Waals surface area contributed by atoms with Gasteiger partial charge in [-0.15, -0.1) is 0 Å². The molecule has 1 atom stereocenters. The molecule has 4 heterocycles. The van der Waals surface area contributed by atoms with Crippen LogP contribution in [0.15, 0.2) is 41.5 Å². The molecule has 3 aromatic rings. The predicted molar refractivity (Wildman–Crippen MR) is 156 cm³/mol. The molecule has 0 radical (unpaired) electrons. The zero-order valence-electron chi connectivity index (χ0n) is 22.8. The molecule has 0 spiro atoms. The van der Waals surface area contributed by atoms with Gasteiger partial charge in [0.15, 0.2) is 0 Å². The molecule has 208 valence electrons. The summed E-state index contributed by atoms with van der Waals surface area (Å²) in [6, 6.07) is 9.52. The highest BCUT2D eigenvalue weighted by atomic mass is 32.2. The van der Waals surface area contributed by atoms with Crippen LogP contribution in [0, 0.1) is 20.8 Å².